The van der Waals surface area contributed by atoms with Gasteiger partial charge in [-0.2, -0.15) is 4.31 Å². The summed E-state index contributed by atoms with van der Waals surface area (Å²) in [6.07, 6.45) is 1.82. The van der Waals surface area contributed by atoms with E-state index in [-0.39, 0.29) is 34.7 Å². The first-order valence-corrected chi connectivity index (χ1v) is 15.4. The van der Waals surface area contributed by atoms with Gasteiger partial charge in [0, 0.05) is 36.2 Å². The Morgan fingerprint density at radius 3 is 2.28 bits per heavy atom. The third-order valence-electron chi connectivity index (χ3n) is 6.14. The van der Waals surface area contributed by atoms with Crippen molar-refractivity contribution in [2.45, 2.75) is 29.6 Å². The van der Waals surface area contributed by atoms with Crippen molar-refractivity contribution in [3.63, 3.8) is 0 Å². The van der Waals surface area contributed by atoms with E-state index in [9.17, 15) is 21.6 Å². The number of thiazole rings is 1. The van der Waals surface area contributed by atoms with Crippen LogP contribution in [-0.4, -0.2) is 58.5 Å². The number of piperidine rings is 1. The Bertz CT molecular complexity index is 1470. The Kier molecular flexibility index (Phi) is 7.51. The second-order valence-corrected chi connectivity index (χ2v) is 13.4. The van der Waals surface area contributed by atoms with E-state index in [2.05, 4.69) is 10.3 Å². The van der Waals surface area contributed by atoms with Gasteiger partial charge in [-0.3, -0.25) is 4.79 Å². The molecule has 2 heterocycles. The summed E-state index contributed by atoms with van der Waals surface area (Å²) in [7, 11) is -5.57. The zero-order valence-electron chi connectivity index (χ0n) is 20.1. The fourth-order valence-corrected chi connectivity index (χ4v) is 6.90. The molecule has 12 heteroatoms. The lowest BCUT2D eigenvalue weighted by atomic mass is 9.97. The molecule has 1 amide bonds. The number of sulfonamides is 1. The Balaban J connectivity index is 1.36. The molecule has 9 nitrogen and oxygen atoms in total. The maximum absolute atomic E-state index is 13.0. The van der Waals surface area contributed by atoms with Crippen LogP contribution in [0.1, 0.15) is 18.4 Å². The topological polar surface area (TPSA) is 123 Å². The number of anilines is 1. The third kappa shape index (κ3) is 5.61. The number of nitrogens with one attached hydrogen (secondary N) is 1. The van der Waals surface area contributed by atoms with Gasteiger partial charge in [0.15, 0.2) is 15.0 Å². The van der Waals surface area contributed by atoms with Crippen LogP contribution in [0.4, 0.5) is 5.13 Å². The molecule has 0 radical (unpaired) electrons. The Hall–Kier alpha value is -2.80. The van der Waals surface area contributed by atoms with E-state index >= 15 is 0 Å². The molecule has 0 bridgehead atoms. The summed E-state index contributed by atoms with van der Waals surface area (Å²) in [4.78, 5) is 17.4. The number of aromatic nitrogens is 1. The molecular weight excluding hydrogens is 522 g/mol. The highest BCUT2D eigenvalue weighted by molar-refractivity contribution is 7.90. The van der Waals surface area contributed by atoms with Crippen LogP contribution in [0.5, 0.6) is 5.75 Å². The van der Waals surface area contributed by atoms with Crippen molar-refractivity contribution < 1.29 is 26.4 Å². The predicted molar refractivity (Wildman–Crippen MR) is 139 cm³/mol. The summed E-state index contributed by atoms with van der Waals surface area (Å²) in [6.45, 7) is 2.35. The van der Waals surface area contributed by atoms with Gasteiger partial charge < -0.3 is 10.1 Å². The number of carbonyl (C=O) groups excluding carboxylic acids is 1. The van der Waals surface area contributed by atoms with E-state index in [1.54, 1.807) is 7.11 Å². The second kappa shape index (κ2) is 10.3. The normalized spacial score (nSPS) is 15.5. The molecule has 2 aromatic carbocycles. The summed E-state index contributed by atoms with van der Waals surface area (Å²) in [6, 6.07) is 10.9. The summed E-state index contributed by atoms with van der Waals surface area (Å²) in [5.74, 6) is 0.276. The van der Waals surface area contributed by atoms with Gasteiger partial charge in [0.2, 0.25) is 15.9 Å². The molecule has 3 aromatic rings. The second-order valence-electron chi connectivity index (χ2n) is 8.63. The van der Waals surface area contributed by atoms with Gasteiger partial charge in [-0.25, -0.2) is 21.8 Å². The first kappa shape index (κ1) is 26.3. The predicted octanol–water partition coefficient (Wildman–Crippen LogP) is 3.57. The van der Waals surface area contributed by atoms with Crippen LogP contribution in [0, 0.1) is 12.8 Å². The minimum atomic E-state index is -3.78. The van der Waals surface area contributed by atoms with Gasteiger partial charge in [0.05, 0.1) is 22.6 Å². The molecule has 1 aliphatic rings. The zero-order valence-corrected chi connectivity index (χ0v) is 22.5. The lowest BCUT2D eigenvalue weighted by Crippen LogP contribution is -2.41. The average molecular weight is 550 g/mol. The van der Waals surface area contributed by atoms with Gasteiger partial charge in [0.1, 0.15) is 5.75 Å². The molecule has 1 aromatic heterocycles. The highest BCUT2D eigenvalue weighted by Crippen LogP contribution is 2.30. The van der Waals surface area contributed by atoms with Crippen molar-refractivity contribution in [2.24, 2.45) is 5.92 Å². The third-order valence-corrected chi connectivity index (χ3v) is 9.94. The molecule has 0 atom stereocenters. The van der Waals surface area contributed by atoms with E-state index in [4.69, 9.17) is 4.74 Å². The highest BCUT2D eigenvalue weighted by Gasteiger charge is 2.32. The van der Waals surface area contributed by atoms with E-state index in [1.807, 2.05) is 30.5 Å². The first-order valence-electron chi connectivity index (χ1n) is 11.2. The zero-order chi connectivity index (χ0) is 26.1. The number of carbonyl (C=O) groups is 1. The first-order chi connectivity index (χ1) is 17.0. The minimum Gasteiger partial charge on any atom is -0.496 e. The maximum atomic E-state index is 13.0. The molecule has 1 fully saturated rings. The van der Waals surface area contributed by atoms with Crippen LogP contribution in [0.25, 0.3) is 11.3 Å². The largest absolute Gasteiger partial charge is 0.496 e. The van der Waals surface area contributed by atoms with Crippen LogP contribution in [0.3, 0.4) is 0 Å². The number of benzene rings is 2. The molecule has 0 aliphatic carbocycles. The van der Waals surface area contributed by atoms with Crippen molar-refractivity contribution in [3.05, 3.63) is 53.4 Å². The molecule has 1 aliphatic heterocycles. The number of sulfone groups is 1. The number of aryl methyl sites for hydroxylation is 1. The number of methoxy groups -OCH3 is 1. The van der Waals surface area contributed by atoms with Crippen LogP contribution in [0.15, 0.2) is 57.6 Å². The number of hydrogen-bond acceptors (Lipinski definition) is 8. The van der Waals surface area contributed by atoms with Crippen molar-refractivity contribution in [2.75, 3.05) is 31.8 Å². The molecule has 36 heavy (non-hydrogen) atoms. The molecule has 4 rings (SSSR count). The van der Waals surface area contributed by atoms with Crippen molar-refractivity contribution in [3.8, 4) is 17.0 Å². The molecule has 192 valence electrons. The Morgan fingerprint density at radius 2 is 1.69 bits per heavy atom. The summed E-state index contributed by atoms with van der Waals surface area (Å²) in [5.41, 5.74) is 2.67. The number of hydrogen-bond donors (Lipinski definition) is 1. The van der Waals surface area contributed by atoms with Gasteiger partial charge in [0.25, 0.3) is 0 Å². The van der Waals surface area contributed by atoms with Gasteiger partial charge in [-0.15, -0.1) is 11.3 Å². The standard InChI is InChI=1S/C24H27N3O6S3/c1-16-14-18(4-9-22(16)33-2)21-15-34-24(25-21)26-23(28)17-10-12-27(13-11-17)36(31,32)20-7-5-19(6-8-20)35(3,29)30/h4-9,14-15,17H,10-13H2,1-3H3,(H,25,26,28). The quantitative estimate of drug-likeness (QED) is 0.478. The summed E-state index contributed by atoms with van der Waals surface area (Å²) < 4.78 is 55.8. The smallest absolute Gasteiger partial charge is 0.243 e. The van der Waals surface area contributed by atoms with Crippen LogP contribution < -0.4 is 10.1 Å². The van der Waals surface area contributed by atoms with Crippen LogP contribution >= 0.6 is 11.3 Å². The monoisotopic (exact) mass is 549 g/mol. The van der Waals surface area contributed by atoms with Crippen molar-refractivity contribution >= 4 is 42.2 Å². The Labute approximate surface area is 215 Å². The van der Waals surface area contributed by atoms with Crippen LogP contribution in [0.2, 0.25) is 0 Å². The number of ether oxygens (including phenoxy) is 1. The van der Waals surface area contributed by atoms with E-state index in [0.29, 0.717) is 18.0 Å². The molecule has 0 unspecified atom stereocenters. The van der Waals surface area contributed by atoms with Crippen LogP contribution in [-0.2, 0) is 24.7 Å². The molecule has 0 saturated carbocycles. The van der Waals surface area contributed by atoms with E-state index in [1.165, 1.54) is 39.9 Å². The molecular formula is C24H27N3O6S3. The van der Waals surface area contributed by atoms with Gasteiger partial charge in [-0.05, 0) is 67.8 Å². The average Bonchev–Trinajstić information content (AvgIpc) is 3.32. The van der Waals surface area contributed by atoms with Gasteiger partial charge in [-0.1, -0.05) is 0 Å². The van der Waals surface area contributed by atoms with E-state index in [0.717, 1.165) is 28.8 Å². The van der Waals surface area contributed by atoms with Crippen molar-refractivity contribution in [1.82, 2.24) is 9.29 Å². The Morgan fingerprint density at radius 1 is 1.06 bits per heavy atom. The molecule has 0 spiro atoms. The van der Waals surface area contributed by atoms with Gasteiger partial charge >= 0.3 is 0 Å². The lowest BCUT2D eigenvalue weighted by molar-refractivity contribution is -0.120. The number of nitrogens with zero attached hydrogens (tertiary/aromatic N) is 2. The molecule has 1 N–H and O–H groups in total. The van der Waals surface area contributed by atoms with E-state index < -0.39 is 19.9 Å². The maximum Gasteiger partial charge on any atom is 0.243 e. The minimum absolute atomic E-state index is 0.0295. The fourth-order valence-electron chi connectivity index (χ4n) is 4.08. The lowest BCUT2D eigenvalue weighted by Gasteiger charge is -2.30. The molecule has 1 saturated heterocycles. The highest BCUT2D eigenvalue weighted by atomic mass is 32.2. The van der Waals surface area contributed by atoms with Crippen molar-refractivity contribution in [1.29, 1.82) is 0 Å². The fraction of sp³-hybridized carbons (Fsp3) is 0.333. The number of rotatable bonds is 7. The number of amides is 1. The summed E-state index contributed by atoms with van der Waals surface area (Å²) in [5, 5.41) is 5.23. The summed E-state index contributed by atoms with van der Waals surface area (Å²) >= 11 is 1.33. The SMILES string of the molecule is COc1ccc(-c2csc(NC(=O)C3CCN(S(=O)(=O)c4ccc(S(C)(=O)=O)cc4)CC3)n2)cc1C.